The Bertz CT molecular complexity index is 1150. The average molecular weight is 454 g/mol. The Labute approximate surface area is 190 Å². The van der Waals surface area contributed by atoms with E-state index in [4.69, 9.17) is 5.14 Å². The molecule has 0 unspecified atom stereocenters. The molecule has 0 spiro atoms. The number of rotatable bonds is 10. The number of hydrogen-bond acceptors (Lipinski definition) is 4. The number of hydrogen-bond donors (Lipinski definition) is 2. The van der Waals surface area contributed by atoms with E-state index in [9.17, 15) is 13.2 Å². The van der Waals surface area contributed by atoms with E-state index >= 15 is 0 Å². The smallest absolute Gasteiger partial charge is 0.240 e. The summed E-state index contributed by atoms with van der Waals surface area (Å²) in [5.41, 5.74) is 2.11. The highest BCUT2D eigenvalue weighted by molar-refractivity contribution is 7.89. The summed E-state index contributed by atoms with van der Waals surface area (Å²) in [6, 6.07) is 23.4. The predicted octanol–water partition coefficient (Wildman–Crippen LogP) is 2.72. The van der Waals surface area contributed by atoms with Crippen LogP contribution in [0.1, 0.15) is 17.5 Å². The Hall–Kier alpha value is -2.74. The van der Waals surface area contributed by atoms with Crippen molar-refractivity contribution in [3.63, 3.8) is 0 Å². The Balaban J connectivity index is 1.77. The summed E-state index contributed by atoms with van der Waals surface area (Å²) in [6.45, 7) is 0. The van der Waals surface area contributed by atoms with Crippen LogP contribution in [-0.2, 0) is 27.7 Å². The van der Waals surface area contributed by atoms with E-state index in [0.717, 1.165) is 21.9 Å². The Morgan fingerprint density at radius 2 is 1.59 bits per heavy atom. The third-order valence-electron chi connectivity index (χ3n) is 5.85. The van der Waals surface area contributed by atoms with Crippen LogP contribution in [0.25, 0.3) is 10.8 Å². The van der Waals surface area contributed by atoms with Gasteiger partial charge in [-0.25, -0.2) is 13.6 Å². The number of nitrogens with zero attached hydrogens (tertiary/aromatic N) is 1. The fourth-order valence-corrected chi connectivity index (χ4v) is 4.56. The number of likely N-dealkylation sites (N-methyl/N-ethyl adjacent to an activating group) is 2. The Morgan fingerprint density at radius 1 is 0.938 bits per heavy atom. The number of carbonyl (C=O) groups excluding carboxylic acids is 1. The van der Waals surface area contributed by atoms with Crippen molar-refractivity contribution in [1.82, 2.24) is 10.2 Å². The molecule has 170 valence electrons. The first-order valence-electron chi connectivity index (χ1n) is 10.7. The molecule has 2 atom stereocenters. The summed E-state index contributed by atoms with van der Waals surface area (Å²) in [5, 5.41) is 10.7. The van der Waals surface area contributed by atoms with E-state index in [0.29, 0.717) is 12.8 Å². The molecule has 3 aromatic carbocycles. The van der Waals surface area contributed by atoms with Gasteiger partial charge in [0.25, 0.3) is 0 Å². The van der Waals surface area contributed by atoms with Gasteiger partial charge in [-0.05, 0) is 48.2 Å². The van der Waals surface area contributed by atoms with Crippen molar-refractivity contribution in [2.24, 2.45) is 5.14 Å². The average Bonchev–Trinajstić information content (AvgIpc) is 2.79. The maximum Gasteiger partial charge on any atom is 0.240 e. The zero-order valence-corrected chi connectivity index (χ0v) is 19.4. The van der Waals surface area contributed by atoms with E-state index in [2.05, 4.69) is 29.6 Å². The van der Waals surface area contributed by atoms with Gasteiger partial charge in [0.2, 0.25) is 15.9 Å². The topological polar surface area (TPSA) is 92.5 Å². The highest BCUT2D eigenvalue weighted by atomic mass is 32.2. The second-order valence-corrected chi connectivity index (χ2v) is 9.91. The Morgan fingerprint density at radius 3 is 2.25 bits per heavy atom. The van der Waals surface area contributed by atoms with E-state index in [1.54, 1.807) is 19.0 Å². The second-order valence-electron chi connectivity index (χ2n) is 8.18. The highest BCUT2D eigenvalue weighted by Crippen LogP contribution is 2.18. The molecule has 7 heteroatoms. The van der Waals surface area contributed by atoms with Gasteiger partial charge in [-0.3, -0.25) is 4.79 Å². The van der Waals surface area contributed by atoms with Crippen LogP contribution in [0.3, 0.4) is 0 Å². The molecule has 3 N–H and O–H groups in total. The van der Waals surface area contributed by atoms with Gasteiger partial charge in [0.15, 0.2) is 0 Å². The second kappa shape index (κ2) is 10.7. The van der Waals surface area contributed by atoms with Crippen molar-refractivity contribution in [1.29, 1.82) is 0 Å². The molecule has 32 heavy (non-hydrogen) atoms. The van der Waals surface area contributed by atoms with Gasteiger partial charge < -0.3 is 10.2 Å². The maximum atomic E-state index is 13.4. The van der Waals surface area contributed by atoms with Crippen molar-refractivity contribution < 1.29 is 13.2 Å². The van der Waals surface area contributed by atoms with Crippen molar-refractivity contribution >= 4 is 26.7 Å². The zero-order valence-electron chi connectivity index (χ0n) is 18.6. The van der Waals surface area contributed by atoms with Crippen LogP contribution in [-0.4, -0.2) is 51.2 Å². The van der Waals surface area contributed by atoms with E-state index in [-0.39, 0.29) is 24.1 Å². The number of fused-ring (bicyclic) bond motifs is 1. The number of nitrogens with one attached hydrogen (secondary N) is 1. The fraction of sp³-hybridized carbons (Fsp3) is 0.320. The van der Waals surface area contributed by atoms with E-state index in [1.165, 1.54) is 0 Å². The summed E-state index contributed by atoms with van der Waals surface area (Å²) >= 11 is 0. The first-order valence-corrected chi connectivity index (χ1v) is 12.4. The van der Waals surface area contributed by atoms with Gasteiger partial charge in [-0.1, -0.05) is 72.8 Å². The van der Waals surface area contributed by atoms with Crippen LogP contribution < -0.4 is 10.5 Å². The number of benzene rings is 3. The number of carbonyl (C=O) groups is 1. The van der Waals surface area contributed by atoms with Gasteiger partial charge in [0.1, 0.15) is 0 Å². The highest BCUT2D eigenvalue weighted by Gasteiger charge is 2.27. The fourth-order valence-electron chi connectivity index (χ4n) is 3.96. The predicted molar refractivity (Wildman–Crippen MR) is 130 cm³/mol. The molecular weight excluding hydrogens is 422 g/mol. The van der Waals surface area contributed by atoms with Gasteiger partial charge in [0.05, 0.1) is 11.8 Å². The number of amides is 1. The minimum Gasteiger partial charge on any atom is -0.341 e. The van der Waals surface area contributed by atoms with Crippen molar-refractivity contribution in [3.05, 3.63) is 83.9 Å². The van der Waals surface area contributed by atoms with Crippen LogP contribution in [0.4, 0.5) is 0 Å². The molecule has 0 aliphatic heterocycles. The number of sulfonamides is 1. The first kappa shape index (κ1) is 23.9. The first-order chi connectivity index (χ1) is 15.3. The van der Waals surface area contributed by atoms with E-state index < -0.39 is 16.1 Å². The largest absolute Gasteiger partial charge is 0.341 e. The van der Waals surface area contributed by atoms with Crippen molar-refractivity contribution in [3.8, 4) is 0 Å². The molecule has 0 heterocycles. The van der Waals surface area contributed by atoms with E-state index in [1.807, 2.05) is 48.5 Å². The summed E-state index contributed by atoms with van der Waals surface area (Å²) in [6.07, 6.45) is 1.38. The number of primary sulfonamides is 1. The Kier molecular flexibility index (Phi) is 8.01. The van der Waals surface area contributed by atoms with Gasteiger partial charge in [-0.15, -0.1) is 0 Å². The van der Waals surface area contributed by atoms with Crippen LogP contribution in [0, 0.1) is 0 Å². The van der Waals surface area contributed by atoms with Gasteiger partial charge in [-0.2, -0.15) is 0 Å². The van der Waals surface area contributed by atoms with Gasteiger partial charge in [0, 0.05) is 13.1 Å². The summed E-state index contributed by atoms with van der Waals surface area (Å²) < 4.78 is 23.2. The molecule has 0 fully saturated rings. The number of nitrogens with two attached hydrogens (primary N) is 1. The molecule has 0 aliphatic carbocycles. The van der Waals surface area contributed by atoms with Gasteiger partial charge >= 0.3 is 0 Å². The SMILES string of the molecule is CN[C@H](Cc1ccc2ccccc2c1)C(=O)N(C)[C@@H](CCS(N)(=O)=O)Cc1ccccc1. The van der Waals surface area contributed by atoms with Crippen molar-refractivity contribution in [2.75, 3.05) is 19.8 Å². The molecule has 0 bridgehead atoms. The van der Waals surface area contributed by atoms with Crippen LogP contribution >= 0.6 is 0 Å². The molecule has 1 amide bonds. The quantitative estimate of drug-likeness (QED) is 0.494. The summed E-state index contributed by atoms with van der Waals surface area (Å²) in [4.78, 5) is 15.0. The molecule has 0 radical (unpaired) electrons. The monoisotopic (exact) mass is 453 g/mol. The molecule has 3 rings (SSSR count). The molecule has 6 nitrogen and oxygen atoms in total. The summed E-state index contributed by atoms with van der Waals surface area (Å²) in [7, 11) is -0.108. The molecule has 3 aromatic rings. The van der Waals surface area contributed by atoms with Crippen LogP contribution in [0.2, 0.25) is 0 Å². The zero-order chi connectivity index (χ0) is 23.1. The minimum absolute atomic E-state index is 0.0731. The van der Waals surface area contributed by atoms with Crippen molar-refractivity contribution in [2.45, 2.75) is 31.3 Å². The lowest BCUT2D eigenvalue weighted by molar-refractivity contribution is -0.134. The molecule has 0 aliphatic rings. The molecule has 0 saturated carbocycles. The maximum absolute atomic E-state index is 13.4. The third-order valence-corrected chi connectivity index (χ3v) is 6.65. The lowest BCUT2D eigenvalue weighted by atomic mass is 9.99. The molecule has 0 aromatic heterocycles. The normalized spacial score (nSPS) is 13.6. The van der Waals surface area contributed by atoms with Crippen LogP contribution in [0.5, 0.6) is 0 Å². The lowest BCUT2D eigenvalue weighted by Crippen LogP contribution is -2.49. The molecular formula is C25H31N3O3S. The minimum atomic E-state index is -3.62. The molecule has 0 saturated heterocycles. The third kappa shape index (κ3) is 6.63. The van der Waals surface area contributed by atoms with Crippen LogP contribution in [0.15, 0.2) is 72.8 Å². The standard InChI is InChI=1S/C25H31N3O3S/c1-27-24(18-20-12-13-21-10-6-7-11-22(21)16-20)25(29)28(2)23(14-15-32(26,30)31)17-19-8-4-3-5-9-19/h3-13,16,23-24,27H,14-15,17-18H2,1-2H3,(H2,26,30,31)/t23-,24+/m0/s1. The summed E-state index contributed by atoms with van der Waals surface area (Å²) in [5.74, 6) is -0.243. The lowest BCUT2D eigenvalue weighted by Gasteiger charge is -2.31.